The highest BCUT2D eigenvalue weighted by molar-refractivity contribution is 6.04. The van der Waals surface area contributed by atoms with Crippen LogP contribution in [0.2, 0.25) is 0 Å². The number of nitrogens with zero attached hydrogens (tertiary/aromatic N) is 3. The third kappa shape index (κ3) is 3.01. The monoisotopic (exact) mass is 328 g/mol. The van der Waals surface area contributed by atoms with Crippen LogP contribution in [0.15, 0.2) is 48.8 Å². The van der Waals surface area contributed by atoms with Gasteiger partial charge in [0.2, 0.25) is 0 Å². The van der Waals surface area contributed by atoms with Crippen molar-refractivity contribution in [1.29, 1.82) is 0 Å². The number of halogens is 2. The molecule has 24 heavy (non-hydrogen) atoms. The molecule has 0 aliphatic rings. The average molecular weight is 328 g/mol. The molecule has 0 saturated heterocycles. The lowest BCUT2D eigenvalue weighted by atomic mass is 10.1. The first-order valence-electron chi connectivity index (χ1n) is 7.33. The van der Waals surface area contributed by atoms with E-state index in [0.29, 0.717) is 18.1 Å². The van der Waals surface area contributed by atoms with Gasteiger partial charge in [-0.3, -0.25) is 4.79 Å². The molecule has 1 aromatic heterocycles. The second-order valence-corrected chi connectivity index (χ2v) is 5.07. The molecular weight excluding hydrogens is 314 g/mol. The fourth-order valence-corrected chi connectivity index (χ4v) is 2.35. The summed E-state index contributed by atoms with van der Waals surface area (Å²) in [6.07, 6.45) is 1.61. The molecule has 1 N–H and O–H groups in total. The van der Waals surface area contributed by atoms with E-state index < -0.39 is 23.1 Å². The molecule has 0 radical (unpaired) electrons. The van der Waals surface area contributed by atoms with Crippen molar-refractivity contribution in [2.45, 2.75) is 13.5 Å². The van der Waals surface area contributed by atoms with Crippen molar-refractivity contribution < 1.29 is 13.6 Å². The van der Waals surface area contributed by atoms with Crippen LogP contribution >= 0.6 is 0 Å². The molecule has 1 amide bonds. The van der Waals surface area contributed by atoms with Crippen molar-refractivity contribution in [2.75, 3.05) is 5.32 Å². The Morgan fingerprint density at radius 1 is 1.17 bits per heavy atom. The van der Waals surface area contributed by atoms with Crippen molar-refractivity contribution in [3.63, 3.8) is 0 Å². The Morgan fingerprint density at radius 2 is 1.88 bits per heavy atom. The van der Waals surface area contributed by atoms with Crippen LogP contribution in [0.5, 0.6) is 0 Å². The third-order valence-corrected chi connectivity index (χ3v) is 3.52. The van der Waals surface area contributed by atoms with Crippen molar-refractivity contribution in [3.05, 3.63) is 66.0 Å². The number of nitrogens with one attached hydrogen (secondary N) is 1. The molecule has 0 aliphatic heterocycles. The SMILES string of the molecule is CCn1cnnc1-c1cccc(NC(=O)c2c(F)cccc2F)c1. The van der Waals surface area contributed by atoms with Gasteiger partial charge < -0.3 is 9.88 Å². The van der Waals surface area contributed by atoms with Gasteiger partial charge in [0.25, 0.3) is 5.91 Å². The smallest absolute Gasteiger partial charge is 0.261 e. The molecule has 0 unspecified atom stereocenters. The van der Waals surface area contributed by atoms with E-state index in [4.69, 9.17) is 0 Å². The lowest BCUT2D eigenvalue weighted by Crippen LogP contribution is -2.15. The number of aryl methyl sites for hydroxylation is 1. The van der Waals surface area contributed by atoms with E-state index in [9.17, 15) is 13.6 Å². The highest BCUT2D eigenvalue weighted by Crippen LogP contribution is 2.22. The Bertz CT molecular complexity index is 872. The van der Waals surface area contributed by atoms with E-state index >= 15 is 0 Å². The number of carbonyl (C=O) groups is 1. The summed E-state index contributed by atoms with van der Waals surface area (Å²) in [6, 6.07) is 10.1. The number of anilines is 1. The summed E-state index contributed by atoms with van der Waals surface area (Å²) >= 11 is 0. The second kappa shape index (κ2) is 6.57. The highest BCUT2D eigenvalue weighted by atomic mass is 19.1. The van der Waals surface area contributed by atoms with Crippen LogP contribution in [-0.4, -0.2) is 20.7 Å². The Morgan fingerprint density at radius 3 is 2.58 bits per heavy atom. The zero-order valence-electron chi connectivity index (χ0n) is 12.8. The van der Waals surface area contributed by atoms with Crippen LogP contribution in [-0.2, 0) is 6.54 Å². The molecule has 0 aliphatic carbocycles. The molecule has 1 heterocycles. The molecule has 0 fully saturated rings. The minimum atomic E-state index is -0.908. The Labute approximate surface area is 137 Å². The number of hydrogen-bond donors (Lipinski definition) is 1. The second-order valence-electron chi connectivity index (χ2n) is 5.07. The number of hydrogen-bond acceptors (Lipinski definition) is 3. The molecule has 0 bridgehead atoms. The summed E-state index contributed by atoms with van der Waals surface area (Å²) in [5.74, 6) is -2.02. The maximum absolute atomic E-state index is 13.7. The molecule has 0 atom stereocenters. The molecule has 122 valence electrons. The van der Waals surface area contributed by atoms with Gasteiger partial charge in [-0.15, -0.1) is 10.2 Å². The average Bonchev–Trinajstić information content (AvgIpc) is 3.03. The van der Waals surface area contributed by atoms with Gasteiger partial charge in [0, 0.05) is 17.8 Å². The van der Waals surface area contributed by atoms with E-state index in [1.54, 1.807) is 24.5 Å². The fraction of sp³-hybridized carbons (Fsp3) is 0.118. The minimum absolute atomic E-state index is 0.408. The molecule has 2 aromatic carbocycles. The molecule has 0 spiro atoms. The highest BCUT2D eigenvalue weighted by Gasteiger charge is 2.17. The van der Waals surface area contributed by atoms with Gasteiger partial charge in [-0.05, 0) is 31.2 Å². The van der Waals surface area contributed by atoms with Gasteiger partial charge in [-0.1, -0.05) is 18.2 Å². The van der Waals surface area contributed by atoms with Crippen LogP contribution in [0.25, 0.3) is 11.4 Å². The van der Waals surface area contributed by atoms with E-state index in [1.165, 1.54) is 6.07 Å². The van der Waals surface area contributed by atoms with Crippen LogP contribution in [0.4, 0.5) is 14.5 Å². The summed E-state index contributed by atoms with van der Waals surface area (Å²) < 4.78 is 29.2. The lowest BCUT2D eigenvalue weighted by molar-refractivity contribution is 0.101. The van der Waals surface area contributed by atoms with E-state index in [0.717, 1.165) is 17.7 Å². The third-order valence-electron chi connectivity index (χ3n) is 3.52. The zero-order chi connectivity index (χ0) is 17.1. The first kappa shape index (κ1) is 15.8. The van der Waals surface area contributed by atoms with Crippen LogP contribution < -0.4 is 5.32 Å². The molecule has 5 nitrogen and oxygen atoms in total. The number of carbonyl (C=O) groups excluding carboxylic acids is 1. The number of aromatic nitrogens is 3. The molecule has 0 saturated carbocycles. The summed E-state index contributed by atoms with van der Waals surface area (Å²) in [5, 5.41) is 10.4. The minimum Gasteiger partial charge on any atom is -0.322 e. The Hall–Kier alpha value is -3.09. The van der Waals surface area contributed by atoms with Gasteiger partial charge in [-0.25, -0.2) is 8.78 Å². The summed E-state index contributed by atoms with van der Waals surface area (Å²) in [6.45, 7) is 2.65. The zero-order valence-corrected chi connectivity index (χ0v) is 12.8. The Kier molecular flexibility index (Phi) is 4.33. The fourth-order valence-electron chi connectivity index (χ4n) is 2.35. The van der Waals surface area contributed by atoms with Crippen LogP contribution in [0.1, 0.15) is 17.3 Å². The predicted octanol–water partition coefficient (Wildman–Crippen LogP) is 3.50. The summed E-state index contributed by atoms with van der Waals surface area (Å²) in [7, 11) is 0. The summed E-state index contributed by atoms with van der Waals surface area (Å²) in [4.78, 5) is 12.2. The topological polar surface area (TPSA) is 59.8 Å². The number of rotatable bonds is 4. The molecule has 3 aromatic rings. The van der Waals surface area contributed by atoms with Gasteiger partial charge in [0.05, 0.1) is 0 Å². The van der Waals surface area contributed by atoms with Gasteiger partial charge in [-0.2, -0.15) is 0 Å². The van der Waals surface area contributed by atoms with E-state index in [1.807, 2.05) is 17.6 Å². The first-order chi connectivity index (χ1) is 11.6. The predicted molar refractivity (Wildman–Crippen MR) is 85.4 cm³/mol. The standard InChI is InChI=1S/C17H14F2N4O/c1-2-23-10-20-22-16(23)11-5-3-6-12(9-11)21-17(24)15-13(18)7-4-8-14(15)19/h3-10H,2H2,1H3,(H,21,24). The lowest BCUT2D eigenvalue weighted by Gasteiger charge is -2.09. The van der Waals surface area contributed by atoms with Gasteiger partial charge >= 0.3 is 0 Å². The van der Waals surface area contributed by atoms with Crippen molar-refractivity contribution in [1.82, 2.24) is 14.8 Å². The normalized spacial score (nSPS) is 10.6. The quantitative estimate of drug-likeness (QED) is 0.797. The van der Waals surface area contributed by atoms with Crippen LogP contribution in [0, 0.1) is 11.6 Å². The van der Waals surface area contributed by atoms with Gasteiger partial charge in [0.15, 0.2) is 5.82 Å². The maximum Gasteiger partial charge on any atom is 0.261 e. The summed E-state index contributed by atoms with van der Waals surface area (Å²) in [5.41, 5.74) is 0.534. The molecule has 7 heteroatoms. The maximum atomic E-state index is 13.7. The van der Waals surface area contributed by atoms with Crippen molar-refractivity contribution in [2.24, 2.45) is 0 Å². The van der Waals surface area contributed by atoms with Crippen molar-refractivity contribution in [3.8, 4) is 11.4 Å². The van der Waals surface area contributed by atoms with E-state index in [-0.39, 0.29) is 0 Å². The number of benzene rings is 2. The molecular formula is C17H14F2N4O. The largest absolute Gasteiger partial charge is 0.322 e. The number of amides is 1. The first-order valence-corrected chi connectivity index (χ1v) is 7.33. The van der Waals surface area contributed by atoms with E-state index in [2.05, 4.69) is 15.5 Å². The Balaban J connectivity index is 1.89. The molecule has 3 rings (SSSR count). The van der Waals surface area contributed by atoms with Crippen molar-refractivity contribution >= 4 is 11.6 Å². The van der Waals surface area contributed by atoms with Gasteiger partial charge in [0.1, 0.15) is 23.5 Å². The van der Waals surface area contributed by atoms with Crippen LogP contribution in [0.3, 0.4) is 0 Å².